The quantitative estimate of drug-likeness (QED) is 0.590. The van der Waals surface area contributed by atoms with E-state index in [2.05, 4.69) is 15.6 Å². The molecule has 4 N–H and O–H groups in total. The summed E-state index contributed by atoms with van der Waals surface area (Å²) in [6, 6.07) is 8.85. The topological polar surface area (TPSA) is 97.1 Å². The van der Waals surface area contributed by atoms with E-state index in [-0.39, 0.29) is 42.0 Å². The molecule has 8 heteroatoms. The van der Waals surface area contributed by atoms with Crippen molar-refractivity contribution >= 4 is 48.0 Å². The lowest BCUT2D eigenvalue weighted by Gasteiger charge is -2.35. The average molecular weight is 453 g/mol. The number of aryl methyl sites for hydroxylation is 1. The fraction of sp³-hybridized carbons (Fsp3) is 0.409. The molecule has 0 aliphatic heterocycles. The second kappa shape index (κ2) is 11.9. The zero-order chi connectivity index (χ0) is 20.0. The molecule has 0 unspecified atom stereocenters. The lowest BCUT2D eigenvalue weighted by Crippen LogP contribution is -2.36. The number of anilines is 2. The molecule has 1 aromatic heterocycles. The van der Waals surface area contributed by atoms with Crippen LogP contribution < -0.4 is 16.4 Å². The van der Waals surface area contributed by atoms with Gasteiger partial charge in [0.25, 0.3) is 5.91 Å². The number of aromatic nitrogens is 1. The highest BCUT2D eigenvalue weighted by Crippen LogP contribution is 2.38. The van der Waals surface area contributed by atoms with Gasteiger partial charge in [0, 0.05) is 35.8 Å². The van der Waals surface area contributed by atoms with Gasteiger partial charge in [0.1, 0.15) is 0 Å². The normalized spacial score (nSPS) is 14.6. The summed E-state index contributed by atoms with van der Waals surface area (Å²) < 4.78 is 0. The Hall–Kier alpha value is -2.15. The Morgan fingerprint density at radius 1 is 1.03 bits per heavy atom. The van der Waals surface area contributed by atoms with Crippen LogP contribution in [0, 0.1) is 12.3 Å². The molecule has 0 atom stereocenters. The van der Waals surface area contributed by atoms with Gasteiger partial charge in [-0.15, -0.1) is 24.8 Å². The Morgan fingerprint density at radius 2 is 1.70 bits per heavy atom. The summed E-state index contributed by atoms with van der Waals surface area (Å²) in [7, 11) is 0. The first-order valence-electron chi connectivity index (χ1n) is 9.83. The minimum Gasteiger partial charge on any atom is -0.330 e. The number of rotatable bonds is 6. The third kappa shape index (κ3) is 6.69. The SMILES string of the molecule is Cc1ccc(NC(=O)CC2(CN)CCCCC2)cc1NC(=O)c1ccncc1.Cl.Cl. The van der Waals surface area contributed by atoms with Gasteiger partial charge in [0.15, 0.2) is 0 Å². The standard InChI is InChI=1S/C22H28N4O2.2ClH/c1-16-5-6-18(13-19(16)26-21(28)17-7-11-24-12-8-17)25-20(27)14-22(15-23)9-3-2-4-10-22;;/h5-8,11-13H,2-4,9-10,14-15,23H2,1H3,(H,25,27)(H,26,28);2*1H. The predicted octanol–water partition coefficient (Wildman–Crippen LogP) is 4.72. The molecule has 2 amide bonds. The van der Waals surface area contributed by atoms with Crippen LogP contribution in [0.25, 0.3) is 0 Å². The number of halogens is 2. The molecular formula is C22H30Cl2N4O2. The van der Waals surface area contributed by atoms with Crippen LogP contribution in [0.15, 0.2) is 42.7 Å². The Morgan fingerprint density at radius 3 is 2.33 bits per heavy atom. The van der Waals surface area contributed by atoms with Crippen LogP contribution in [0.1, 0.15) is 54.4 Å². The fourth-order valence-electron chi connectivity index (χ4n) is 3.83. The number of benzene rings is 1. The first-order valence-corrected chi connectivity index (χ1v) is 9.83. The molecule has 1 aliphatic carbocycles. The van der Waals surface area contributed by atoms with Crippen LogP contribution in [0.2, 0.25) is 0 Å². The maximum Gasteiger partial charge on any atom is 0.255 e. The molecule has 1 aromatic carbocycles. The molecule has 1 fully saturated rings. The maximum absolute atomic E-state index is 12.6. The van der Waals surface area contributed by atoms with Gasteiger partial charge in [0.05, 0.1) is 0 Å². The van der Waals surface area contributed by atoms with Crippen molar-refractivity contribution in [2.24, 2.45) is 11.1 Å². The number of hydrogen-bond acceptors (Lipinski definition) is 4. The zero-order valence-corrected chi connectivity index (χ0v) is 18.8. The first kappa shape index (κ1) is 25.9. The monoisotopic (exact) mass is 452 g/mol. The molecule has 2 aromatic rings. The highest BCUT2D eigenvalue weighted by molar-refractivity contribution is 6.05. The van der Waals surface area contributed by atoms with E-state index in [0.717, 1.165) is 31.2 Å². The van der Waals surface area contributed by atoms with Crippen molar-refractivity contribution in [1.82, 2.24) is 4.98 Å². The van der Waals surface area contributed by atoms with Crippen LogP contribution in [-0.4, -0.2) is 23.3 Å². The summed E-state index contributed by atoms with van der Waals surface area (Å²) in [5, 5.41) is 5.88. The van der Waals surface area contributed by atoms with E-state index in [4.69, 9.17) is 5.73 Å². The van der Waals surface area contributed by atoms with Gasteiger partial charge >= 0.3 is 0 Å². The largest absolute Gasteiger partial charge is 0.330 e. The Labute approximate surface area is 190 Å². The van der Waals surface area contributed by atoms with Crippen molar-refractivity contribution in [3.63, 3.8) is 0 Å². The molecule has 30 heavy (non-hydrogen) atoms. The molecule has 0 saturated heterocycles. The summed E-state index contributed by atoms with van der Waals surface area (Å²) >= 11 is 0. The van der Waals surface area contributed by atoms with Gasteiger partial charge in [-0.2, -0.15) is 0 Å². The van der Waals surface area contributed by atoms with Crippen molar-refractivity contribution < 1.29 is 9.59 Å². The minimum absolute atomic E-state index is 0. The predicted molar refractivity (Wildman–Crippen MR) is 126 cm³/mol. The maximum atomic E-state index is 12.6. The van der Waals surface area contributed by atoms with Gasteiger partial charge in [-0.25, -0.2) is 0 Å². The first-order chi connectivity index (χ1) is 13.5. The Balaban J connectivity index is 0.00000225. The lowest BCUT2D eigenvalue weighted by atomic mass is 9.71. The van der Waals surface area contributed by atoms with E-state index >= 15 is 0 Å². The third-order valence-electron chi connectivity index (χ3n) is 5.59. The molecule has 0 bridgehead atoms. The highest BCUT2D eigenvalue weighted by atomic mass is 35.5. The Bertz CT molecular complexity index is 840. The van der Waals surface area contributed by atoms with Crippen LogP contribution in [0.5, 0.6) is 0 Å². The van der Waals surface area contributed by atoms with E-state index in [1.54, 1.807) is 30.6 Å². The molecule has 1 saturated carbocycles. The van der Waals surface area contributed by atoms with Gasteiger partial charge in [-0.1, -0.05) is 25.3 Å². The van der Waals surface area contributed by atoms with Crippen molar-refractivity contribution in [3.05, 3.63) is 53.9 Å². The molecule has 164 valence electrons. The Kier molecular flexibility index (Phi) is 10.3. The minimum atomic E-state index is -0.210. The zero-order valence-electron chi connectivity index (χ0n) is 17.1. The number of amides is 2. The summed E-state index contributed by atoms with van der Waals surface area (Å²) in [6.07, 6.45) is 9.13. The summed E-state index contributed by atoms with van der Waals surface area (Å²) in [5.41, 5.74) is 8.72. The number of carbonyl (C=O) groups excluding carboxylic acids is 2. The van der Waals surface area contributed by atoms with Crippen molar-refractivity contribution in [2.45, 2.75) is 45.4 Å². The molecule has 3 rings (SSSR count). The summed E-state index contributed by atoms with van der Waals surface area (Å²) in [4.78, 5) is 29.0. The van der Waals surface area contributed by atoms with E-state index in [1.165, 1.54) is 6.42 Å². The fourth-order valence-corrected chi connectivity index (χ4v) is 3.83. The molecule has 0 spiro atoms. The second-order valence-electron chi connectivity index (χ2n) is 7.71. The molecule has 1 heterocycles. The highest BCUT2D eigenvalue weighted by Gasteiger charge is 2.33. The van der Waals surface area contributed by atoms with Crippen LogP contribution in [-0.2, 0) is 4.79 Å². The van der Waals surface area contributed by atoms with Crippen molar-refractivity contribution in [2.75, 3.05) is 17.2 Å². The van der Waals surface area contributed by atoms with E-state index in [0.29, 0.717) is 29.9 Å². The summed E-state index contributed by atoms with van der Waals surface area (Å²) in [5.74, 6) is -0.235. The average Bonchev–Trinajstić information content (AvgIpc) is 2.71. The molecule has 6 nitrogen and oxygen atoms in total. The molecule has 1 aliphatic rings. The number of carbonyl (C=O) groups is 2. The summed E-state index contributed by atoms with van der Waals surface area (Å²) in [6.45, 7) is 2.46. The second-order valence-corrected chi connectivity index (χ2v) is 7.71. The number of hydrogen-bond donors (Lipinski definition) is 3. The number of pyridine rings is 1. The van der Waals surface area contributed by atoms with Crippen molar-refractivity contribution in [3.8, 4) is 0 Å². The van der Waals surface area contributed by atoms with Crippen LogP contribution in [0.4, 0.5) is 11.4 Å². The van der Waals surface area contributed by atoms with Crippen LogP contribution in [0.3, 0.4) is 0 Å². The van der Waals surface area contributed by atoms with E-state index in [1.807, 2.05) is 19.1 Å². The lowest BCUT2D eigenvalue weighted by molar-refractivity contribution is -0.118. The van der Waals surface area contributed by atoms with E-state index < -0.39 is 0 Å². The third-order valence-corrected chi connectivity index (χ3v) is 5.59. The van der Waals surface area contributed by atoms with Gasteiger partial charge in [-0.05, 0) is 61.6 Å². The molecular weight excluding hydrogens is 423 g/mol. The van der Waals surface area contributed by atoms with Gasteiger partial charge in [0.2, 0.25) is 5.91 Å². The number of nitrogens with one attached hydrogen (secondary N) is 2. The molecule has 0 radical (unpaired) electrons. The van der Waals surface area contributed by atoms with Gasteiger partial charge in [-0.3, -0.25) is 14.6 Å². The van der Waals surface area contributed by atoms with Gasteiger partial charge < -0.3 is 16.4 Å². The number of nitrogens with zero attached hydrogens (tertiary/aromatic N) is 1. The number of nitrogens with two attached hydrogens (primary N) is 1. The van der Waals surface area contributed by atoms with Crippen molar-refractivity contribution in [1.29, 1.82) is 0 Å². The van der Waals surface area contributed by atoms with Crippen LogP contribution >= 0.6 is 24.8 Å². The smallest absolute Gasteiger partial charge is 0.255 e. The van der Waals surface area contributed by atoms with E-state index in [9.17, 15) is 9.59 Å².